The Kier molecular flexibility index (Phi) is 12.3. The highest BCUT2D eigenvalue weighted by molar-refractivity contribution is 5.73. The van der Waals surface area contributed by atoms with E-state index in [-0.39, 0.29) is 30.0 Å². The first-order chi connectivity index (χ1) is 22.6. The second kappa shape index (κ2) is 15.8. The van der Waals surface area contributed by atoms with Crippen LogP contribution in [0.5, 0.6) is 0 Å². The number of aromatic nitrogens is 1. The van der Waals surface area contributed by atoms with Crippen molar-refractivity contribution in [2.75, 3.05) is 39.9 Å². The summed E-state index contributed by atoms with van der Waals surface area (Å²) in [6.07, 6.45) is -3.30. The molecule has 1 unspecified atom stereocenters. The molecule has 7 nitrogen and oxygen atoms in total. The molecule has 11 heteroatoms. The number of carbonyl (C=O) groups is 1. The number of hydrogen-bond donors (Lipinski definition) is 2. The first-order valence-electron chi connectivity index (χ1n) is 16.4. The molecular formula is C37H47F4N3O4. The molecule has 0 saturated carbocycles. The molecule has 0 radical (unpaired) electrons. The van der Waals surface area contributed by atoms with Crippen LogP contribution in [0.25, 0.3) is 11.1 Å². The summed E-state index contributed by atoms with van der Waals surface area (Å²) in [5.41, 5.74) is 2.51. The number of nitrogens with zero attached hydrogens (tertiary/aromatic N) is 2. The van der Waals surface area contributed by atoms with Gasteiger partial charge in [-0.05, 0) is 85.0 Å². The van der Waals surface area contributed by atoms with E-state index < -0.39 is 47.6 Å². The van der Waals surface area contributed by atoms with Crippen molar-refractivity contribution in [3.05, 3.63) is 92.1 Å². The number of nitrogens with one attached hydrogen (secondary N) is 1. The number of halogens is 4. The molecule has 1 aromatic heterocycles. The number of aliphatic carboxylic acids is 1. The molecular weight excluding hydrogens is 626 g/mol. The Morgan fingerprint density at radius 2 is 1.75 bits per heavy atom. The Morgan fingerprint density at radius 3 is 2.33 bits per heavy atom. The van der Waals surface area contributed by atoms with Crippen molar-refractivity contribution in [2.45, 2.75) is 72.1 Å². The quantitative estimate of drug-likeness (QED) is 0.167. The number of methoxy groups -OCH3 is 1. The van der Waals surface area contributed by atoms with Crippen LogP contribution in [0.1, 0.15) is 72.2 Å². The third-order valence-electron chi connectivity index (χ3n) is 9.14. The maximum absolute atomic E-state index is 15.8. The molecule has 2 atom stereocenters. The van der Waals surface area contributed by atoms with E-state index in [0.29, 0.717) is 37.1 Å². The highest BCUT2D eigenvalue weighted by Gasteiger charge is 2.36. The van der Waals surface area contributed by atoms with Crippen LogP contribution >= 0.6 is 0 Å². The minimum absolute atomic E-state index is 0.0242. The topological polar surface area (TPSA) is 83.8 Å². The lowest BCUT2D eigenvalue weighted by Crippen LogP contribution is -2.49. The minimum Gasteiger partial charge on any atom is -0.481 e. The summed E-state index contributed by atoms with van der Waals surface area (Å²) in [4.78, 5) is 27.4. The number of pyridine rings is 1. The minimum atomic E-state index is -4.70. The number of benzene rings is 2. The van der Waals surface area contributed by atoms with Gasteiger partial charge < -0.3 is 24.6 Å². The summed E-state index contributed by atoms with van der Waals surface area (Å²) in [7, 11) is 1.62. The van der Waals surface area contributed by atoms with Crippen LogP contribution in [-0.2, 0) is 22.1 Å². The number of ether oxygens (including phenoxy) is 1. The summed E-state index contributed by atoms with van der Waals surface area (Å²) in [5, 5.41) is 13.0. The van der Waals surface area contributed by atoms with Crippen molar-refractivity contribution in [3.8, 4) is 11.1 Å². The van der Waals surface area contributed by atoms with E-state index in [9.17, 15) is 27.9 Å². The zero-order valence-electron chi connectivity index (χ0n) is 28.6. The fourth-order valence-electron chi connectivity index (χ4n) is 6.87. The molecule has 2 N–H and O–H groups in total. The van der Waals surface area contributed by atoms with Crippen LogP contribution in [0, 0.1) is 38.4 Å². The molecule has 262 valence electrons. The van der Waals surface area contributed by atoms with Crippen LogP contribution in [0.2, 0.25) is 0 Å². The van der Waals surface area contributed by atoms with Crippen molar-refractivity contribution in [3.63, 3.8) is 0 Å². The predicted molar refractivity (Wildman–Crippen MR) is 179 cm³/mol. The number of likely N-dealkylation sites (tertiary alicyclic amines) is 1. The predicted octanol–water partition coefficient (Wildman–Crippen LogP) is 7.11. The Balaban J connectivity index is 1.68. The first kappa shape index (κ1) is 37.3. The largest absolute Gasteiger partial charge is 0.481 e. The Bertz CT molecular complexity index is 1630. The summed E-state index contributed by atoms with van der Waals surface area (Å²) in [6, 6.07) is 8.36. The van der Waals surface area contributed by atoms with Crippen LogP contribution in [0.3, 0.4) is 0 Å². The van der Waals surface area contributed by atoms with Crippen LogP contribution in [0.15, 0.2) is 47.4 Å². The molecule has 0 bridgehead atoms. The summed E-state index contributed by atoms with van der Waals surface area (Å²) < 4.78 is 64.6. The van der Waals surface area contributed by atoms with E-state index in [2.05, 4.69) is 10.2 Å². The number of hydrogen-bond acceptors (Lipinski definition) is 5. The zero-order chi connectivity index (χ0) is 35.3. The average molecular weight is 674 g/mol. The highest BCUT2D eigenvalue weighted by atomic mass is 19.4. The van der Waals surface area contributed by atoms with Crippen molar-refractivity contribution in [1.82, 2.24) is 14.8 Å². The summed E-state index contributed by atoms with van der Waals surface area (Å²) >= 11 is 0. The van der Waals surface area contributed by atoms with Gasteiger partial charge in [0.05, 0.1) is 18.6 Å². The van der Waals surface area contributed by atoms with E-state index in [4.69, 9.17) is 4.74 Å². The number of rotatable bonds is 15. The summed E-state index contributed by atoms with van der Waals surface area (Å²) in [6.45, 7) is 12.0. The van der Waals surface area contributed by atoms with Gasteiger partial charge >= 0.3 is 12.1 Å². The number of carboxylic acids is 1. The molecule has 4 rings (SSSR count). The maximum atomic E-state index is 15.8. The van der Waals surface area contributed by atoms with E-state index in [1.54, 1.807) is 26.2 Å². The van der Waals surface area contributed by atoms with Gasteiger partial charge in [-0.25, -0.2) is 4.39 Å². The second-order valence-electron chi connectivity index (χ2n) is 13.6. The lowest BCUT2D eigenvalue weighted by molar-refractivity contribution is -0.139. The highest BCUT2D eigenvalue weighted by Crippen LogP contribution is 2.35. The molecule has 48 heavy (non-hydrogen) atoms. The van der Waals surface area contributed by atoms with Gasteiger partial charge in [-0.15, -0.1) is 0 Å². The lowest BCUT2D eigenvalue weighted by atomic mass is 9.90. The van der Waals surface area contributed by atoms with E-state index in [1.807, 2.05) is 45.9 Å². The fourth-order valence-corrected chi connectivity index (χ4v) is 6.87. The molecule has 2 heterocycles. The normalized spacial score (nSPS) is 15.5. The third-order valence-corrected chi connectivity index (χ3v) is 9.14. The molecule has 0 aliphatic carbocycles. The Hall–Kier alpha value is -3.54. The van der Waals surface area contributed by atoms with E-state index in [0.717, 1.165) is 35.3 Å². The summed E-state index contributed by atoms with van der Waals surface area (Å²) in [5.74, 6) is -1.27. The van der Waals surface area contributed by atoms with Gasteiger partial charge in [0.1, 0.15) is 5.82 Å². The van der Waals surface area contributed by atoms with Crippen LogP contribution < -0.4 is 10.9 Å². The molecule has 1 aliphatic rings. The lowest BCUT2D eigenvalue weighted by Gasteiger charge is -2.39. The second-order valence-corrected chi connectivity index (χ2v) is 13.6. The monoisotopic (exact) mass is 673 g/mol. The zero-order valence-corrected chi connectivity index (χ0v) is 28.6. The number of alkyl halides is 3. The Labute approximate surface area is 279 Å². The van der Waals surface area contributed by atoms with Crippen molar-refractivity contribution < 1.29 is 32.2 Å². The smallest absolute Gasteiger partial charge is 0.416 e. The van der Waals surface area contributed by atoms with Gasteiger partial charge in [0.25, 0.3) is 5.56 Å². The standard InChI is InChI=1S/C37H47F4N3O4/c1-22(2)12-29(44-20-27(31(15-33(44)45)37(39,40)41)10-11-43-18-26(19-43)21-48-6)17-42-32(16-34(46)47)30-14-28(13-25(5)36(30)38)35-23(3)8-7-9-24(35)4/h7-9,13-15,20,22,26,29,32,42H,10-12,16-19,21H2,1-6H3,(H,46,47)/t29-,32?/m0/s1. The van der Waals surface area contributed by atoms with Crippen molar-refractivity contribution in [2.24, 2.45) is 11.8 Å². The van der Waals surface area contributed by atoms with Gasteiger partial charge in [0.15, 0.2) is 0 Å². The van der Waals surface area contributed by atoms with Crippen LogP contribution in [0.4, 0.5) is 17.6 Å². The maximum Gasteiger partial charge on any atom is 0.416 e. The van der Waals surface area contributed by atoms with E-state index >= 15 is 4.39 Å². The van der Waals surface area contributed by atoms with Gasteiger partial charge in [-0.3, -0.25) is 9.59 Å². The van der Waals surface area contributed by atoms with Gasteiger partial charge in [-0.2, -0.15) is 13.2 Å². The van der Waals surface area contributed by atoms with Gasteiger partial charge in [-0.1, -0.05) is 32.0 Å². The average Bonchev–Trinajstić information content (AvgIpc) is 2.96. The van der Waals surface area contributed by atoms with Gasteiger partial charge in [0, 0.05) is 69.1 Å². The van der Waals surface area contributed by atoms with Crippen molar-refractivity contribution in [1.29, 1.82) is 0 Å². The molecule has 0 spiro atoms. The molecule has 1 fully saturated rings. The Morgan fingerprint density at radius 1 is 1.08 bits per heavy atom. The van der Waals surface area contributed by atoms with Crippen LogP contribution in [-0.4, -0.2) is 60.4 Å². The van der Waals surface area contributed by atoms with Crippen molar-refractivity contribution >= 4 is 5.97 Å². The number of carboxylic acid groups (broad SMARTS) is 1. The molecule has 2 aromatic carbocycles. The molecule has 0 amide bonds. The molecule has 1 aliphatic heterocycles. The molecule has 1 saturated heterocycles. The molecule has 3 aromatic rings. The third kappa shape index (κ3) is 9.12. The number of aryl methyl sites for hydroxylation is 3. The SMILES string of the molecule is COCC1CN(CCc2cn([C@H](CNC(CC(=O)O)c3cc(-c4c(C)cccc4C)cc(C)c3F)CC(C)C)c(=O)cc2C(F)(F)F)C1. The fraction of sp³-hybridized carbons (Fsp3) is 0.514. The van der Waals surface area contributed by atoms with E-state index in [1.165, 1.54) is 10.8 Å². The first-order valence-corrected chi connectivity index (χ1v) is 16.4. The van der Waals surface area contributed by atoms with Gasteiger partial charge in [0.2, 0.25) is 0 Å².